The molecule has 0 spiro atoms. The van der Waals surface area contributed by atoms with Gasteiger partial charge in [0.1, 0.15) is 5.75 Å². The summed E-state index contributed by atoms with van der Waals surface area (Å²) in [6.07, 6.45) is 0.936. The van der Waals surface area contributed by atoms with Crippen molar-refractivity contribution in [2.75, 3.05) is 13.1 Å². The van der Waals surface area contributed by atoms with Crippen molar-refractivity contribution in [1.29, 1.82) is 0 Å². The molecule has 20 heavy (non-hydrogen) atoms. The van der Waals surface area contributed by atoms with Crippen LogP contribution in [0.1, 0.15) is 23.7 Å². The van der Waals surface area contributed by atoms with Gasteiger partial charge in [-0.2, -0.15) is 8.78 Å². The van der Waals surface area contributed by atoms with Crippen molar-refractivity contribution in [2.24, 2.45) is 5.92 Å². The Balaban J connectivity index is 1.91. The molecule has 1 fully saturated rings. The molecule has 1 aromatic carbocycles. The molecule has 1 aliphatic heterocycles. The fraction of sp³-hybridized carbons (Fsp3) is 0.500. The summed E-state index contributed by atoms with van der Waals surface area (Å²) in [5, 5.41) is 6.19. The fourth-order valence-corrected chi connectivity index (χ4v) is 2.32. The van der Waals surface area contributed by atoms with Gasteiger partial charge < -0.3 is 15.4 Å². The SMILES string of the molecule is CC1CNCC(NC(=O)c2ccc(OC(F)F)cc2)C1. The number of benzene rings is 1. The number of amides is 1. The van der Waals surface area contributed by atoms with Crippen molar-refractivity contribution in [3.8, 4) is 5.75 Å². The van der Waals surface area contributed by atoms with Crippen LogP contribution < -0.4 is 15.4 Å². The summed E-state index contributed by atoms with van der Waals surface area (Å²) in [4.78, 5) is 12.0. The maximum absolute atomic E-state index is 12.0. The van der Waals surface area contributed by atoms with E-state index in [1.54, 1.807) is 0 Å². The van der Waals surface area contributed by atoms with Crippen molar-refractivity contribution >= 4 is 5.91 Å². The quantitative estimate of drug-likeness (QED) is 0.889. The predicted molar refractivity (Wildman–Crippen MR) is 71.0 cm³/mol. The molecule has 0 radical (unpaired) electrons. The van der Waals surface area contributed by atoms with E-state index < -0.39 is 6.61 Å². The highest BCUT2D eigenvalue weighted by atomic mass is 19.3. The van der Waals surface area contributed by atoms with Crippen LogP contribution in [0.15, 0.2) is 24.3 Å². The first-order chi connectivity index (χ1) is 9.54. The van der Waals surface area contributed by atoms with Crippen molar-refractivity contribution in [1.82, 2.24) is 10.6 Å². The Morgan fingerprint density at radius 3 is 2.65 bits per heavy atom. The van der Waals surface area contributed by atoms with Gasteiger partial charge in [0.05, 0.1) is 0 Å². The highest BCUT2D eigenvalue weighted by Gasteiger charge is 2.20. The minimum Gasteiger partial charge on any atom is -0.435 e. The van der Waals surface area contributed by atoms with Crippen LogP contribution >= 0.6 is 0 Å². The maximum atomic E-state index is 12.0. The van der Waals surface area contributed by atoms with Gasteiger partial charge in [-0.1, -0.05) is 6.92 Å². The Bertz CT molecular complexity index is 451. The maximum Gasteiger partial charge on any atom is 0.387 e. The van der Waals surface area contributed by atoms with Crippen LogP contribution in [0.25, 0.3) is 0 Å². The number of halogens is 2. The van der Waals surface area contributed by atoms with Crippen LogP contribution in [0.2, 0.25) is 0 Å². The van der Waals surface area contributed by atoms with Crippen molar-refractivity contribution in [2.45, 2.75) is 26.0 Å². The molecule has 4 nitrogen and oxygen atoms in total. The molecular weight excluding hydrogens is 266 g/mol. The molecule has 1 saturated heterocycles. The van der Waals surface area contributed by atoms with E-state index in [1.807, 2.05) is 0 Å². The first-order valence-corrected chi connectivity index (χ1v) is 6.61. The third kappa shape index (κ3) is 4.16. The van der Waals surface area contributed by atoms with E-state index in [0.717, 1.165) is 19.5 Å². The molecule has 2 atom stereocenters. The summed E-state index contributed by atoms with van der Waals surface area (Å²) in [6, 6.07) is 5.79. The van der Waals surface area contributed by atoms with Crippen LogP contribution in [0.4, 0.5) is 8.78 Å². The molecule has 1 amide bonds. The van der Waals surface area contributed by atoms with Crippen LogP contribution in [0, 0.1) is 5.92 Å². The molecular formula is C14H18F2N2O2. The Morgan fingerprint density at radius 1 is 1.35 bits per heavy atom. The number of carbonyl (C=O) groups is 1. The smallest absolute Gasteiger partial charge is 0.387 e. The van der Waals surface area contributed by atoms with E-state index in [-0.39, 0.29) is 17.7 Å². The average molecular weight is 284 g/mol. The van der Waals surface area contributed by atoms with Crippen molar-refractivity contribution < 1.29 is 18.3 Å². The Morgan fingerprint density at radius 2 is 2.05 bits per heavy atom. The molecule has 0 bridgehead atoms. The van der Waals surface area contributed by atoms with E-state index in [2.05, 4.69) is 22.3 Å². The second-order valence-corrected chi connectivity index (χ2v) is 5.07. The zero-order valence-corrected chi connectivity index (χ0v) is 11.2. The van der Waals surface area contributed by atoms with Crippen molar-refractivity contribution in [3.63, 3.8) is 0 Å². The van der Waals surface area contributed by atoms with Crippen LogP contribution in [0.3, 0.4) is 0 Å². The number of nitrogens with one attached hydrogen (secondary N) is 2. The summed E-state index contributed by atoms with van der Waals surface area (Å²) >= 11 is 0. The Hall–Kier alpha value is -1.69. The Labute approximate surface area is 116 Å². The first kappa shape index (κ1) is 14.7. The predicted octanol–water partition coefficient (Wildman–Crippen LogP) is 2.02. The van der Waals surface area contributed by atoms with Gasteiger partial charge in [0.25, 0.3) is 5.91 Å². The standard InChI is InChI=1S/C14H18F2N2O2/c1-9-6-11(8-17-7-9)18-13(19)10-2-4-12(5-3-10)20-14(15)16/h2-5,9,11,14,17H,6-8H2,1H3,(H,18,19). The van der Waals surface area contributed by atoms with Gasteiger partial charge in [-0.15, -0.1) is 0 Å². The summed E-state index contributed by atoms with van der Waals surface area (Å²) in [5.41, 5.74) is 0.435. The molecule has 2 unspecified atom stereocenters. The topological polar surface area (TPSA) is 50.4 Å². The largest absolute Gasteiger partial charge is 0.435 e. The van der Waals surface area contributed by atoms with Crippen LogP contribution in [-0.2, 0) is 0 Å². The fourth-order valence-electron chi connectivity index (χ4n) is 2.32. The average Bonchev–Trinajstić information content (AvgIpc) is 2.38. The van der Waals surface area contributed by atoms with Gasteiger partial charge in [0, 0.05) is 18.2 Å². The lowest BCUT2D eigenvalue weighted by Crippen LogP contribution is -2.48. The molecule has 1 heterocycles. The molecule has 2 N–H and O–H groups in total. The molecule has 0 saturated carbocycles. The third-order valence-corrected chi connectivity index (χ3v) is 3.25. The van der Waals surface area contributed by atoms with E-state index in [9.17, 15) is 13.6 Å². The number of carbonyl (C=O) groups excluding carboxylic acids is 1. The number of alkyl halides is 2. The lowest BCUT2D eigenvalue weighted by molar-refractivity contribution is -0.0498. The molecule has 0 aliphatic carbocycles. The van der Waals surface area contributed by atoms with Crippen LogP contribution in [-0.4, -0.2) is 31.7 Å². The van der Waals surface area contributed by atoms with Gasteiger partial charge in [-0.05, 0) is 43.1 Å². The number of ether oxygens (including phenoxy) is 1. The zero-order valence-electron chi connectivity index (χ0n) is 11.2. The van der Waals surface area contributed by atoms with E-state index in [1.165, 1.54) is 24.3 Å². The second kappa shape index (κ2) is 6.65. The van der Waals surface area contributed by atoms with Crippen molar-refractivity contribution in [3.05, 3.63) is 29.8 Å². The van der Waals surface area contributed by atoms with Crippen LogP contribution in [0.5, 0.6) is 5.75 Å². The number of hydrogen-bond donors (Lipinski definition) is 2. The third-order valence-electron chi connectivity index (χ3n) is 3.25. The highest BCUT2D eigenvalue weighted by Crippen LogP contribution is 2.15. The number of piperidine rings is 1. The van der Waals surface area contributed by atoms with Gasteiger partial charge in [0.2, 0.25) is 0 Å². The monoisotopic (exact) mass is 284 g/mol. The minimum absolute atomic E-state index is 0.0458. The van der Waals surface area contributed by atoms with Gasteiger partial charge in [-0.3, -0.25) is 4.79 Å². The van der Waals surface area contributed by atoms with Gasteiger partial charge >= 0.3 is 6.61 Å². The number of rotatable bonds is 4. The van der Waals surface area contributed by atoms with Gasteiger partial charge in [0.15, 0.2) is 0 Å². The number of hydrogen-bond acceptors (Lipinski definition) is 3. The lowest BCUT2D eigenvalue weighted by atomic mass is 9.97. The molecule has 110 valence electrons. The van der Waals surface area contributed by atoms with E-state index in [4.69, 9.17) is 0 Å². The second-order valence-electron chi connectivity index (χ2n) is 5.07. The lowest BCUT2D eigenvalue weighted by Gasteiger charge is -2.28. The minimum atomic E-state index is -2.86. The summed E-state index contributed by atoms with van der Waals surface area (Å²) < 4.78 is 28.3. The molecule has 6 heteroatoms. The summed E-state index contributed by atoms with van der Waals surface area (Å²) in [5.74, 6) is 0.370. The molecule has 2 rings (SSSR count). The first-order valence-electron chi connectivity index (χ1n) is 6.61. The summed E-state index contributed by atoms with van der Waals surface area (Å²) in [6.45, 7) is 0.987. The zero-order chi connectivity index (χ0) is 14.5. The van der Waals surface area contributed by atoms with E-state index in [0.29, 0.717) is 11.5 Å². The normalized spacial score (nSPS) is 22.6. The molecule has 1 aliphatic rings. The summed E-state index contributed by atoms with van der Waals surface area (Å²) in [7, 11) is 0. The Kier molecular flexibility index (Phi) is 4.89. The highest BCUT2D eigenvalue weighted by molar-refractivity contribution is 5.94. The molecule has 0 aromatic heterocycles. The van der Waals surface area contributed by atoms with Gasteiger partial charge in [-0.25, -0.2) is 0 Å². The molecule has 1 aromatic rings. The van der Waals surface area contributed by atoms with E-state index >= 15 is 0 Å².